The summed E-state index contributed by atoms with van der Waals surface area (Å²) in [5.74, 6) is 0. The van der Waals surface area contributed by atoms with Crippen molar-refractivity contribution in [2.75, 3.05) is 0 Å². The highest BCUT2D eigenvalue weighted by Gasteiger charge is 2.39. The first kappa shape index (κ1) is 24.1. The number of rotatable bonds is 4. The van der Waals surface area contributed by atoms with Crippen molar-refractivity contribution in [1.82, 2.24) is 0 Å². The highest BCUT2D eigenvalue weighted by atomic mass is 14.3. The Bertz CT molecular complexity index is 1570. The molecule has 0 amide bonds. The fraction of sp³-hybridized carbons (Fsp3) is 0.257. The van der Waals surface area contributed by atoms with E-state index in [1.54, 1.807) is 0 Å². The molecule has 0 nitrogen and oxygen atoms in total. The zero-order chi connectivity index (χ0) is 25.9. The van der Waals surface area contributed by atoms with Crippen LogP contribution in [0, 0.1) is 20.8 Å². The highest BCUT2D eigenvalue weighted by Crippen LogP contribution is 2.37. The van der Waals surface area contributed by atoms with Gasteiger partial charge in [-0.1, -0.05) is 133 Å². The summed E-state index contributed by atoms with van der Waals surface area (Å²) in [5, 5.41) is 2.79. The summed E-state index contributed by atoms with van der Waals surface area (Å²) in [7, 11) is 0. The molecule has 1 heterocycles. The second-order valence-corrected chi connectivity index (χ2v) is 11.9. The standard InChI is InChI=1S/C35H36B2/c1-23-21-24(2)34(25(3)22-23)35(4,5)36(6)31-19-11-13-26-14-12-20-32(33(26)31)37-29-17-9-7-15-27(29)28-16-8-10-18-30(28)37/h7,9,11-22H,8,10H2,1-6H3. The van der Waals surface area contributed by atoms with Crippen LogP contribution in [0.25, 0.3) is 16.3 Å². The first-order valence-corrected chi connectivity index (χ1v) is 13.9. The number of hydrogen-bond acceptors (Lipinski definition) is 0. The van der Waals surface area contributed by atoms with Crippen LogP contribution in [0.1, 0.15) is 54.5 Å². The van der Waals surface area contributed by atoms with E-state index in [9.17, 15) is 0 Å². The maximum absolute atomic E-state index is 2.51. The summed E-state index contributed by atoms with van der Waals surface area (Å²) in [4.78, 5) is 0. The van der Waals surface area contributed by atoms with Crippen molar-refractivity contribution >= 4 is 46.2 Å². The lowest BCUT2D eigenvalue weighted by molar-refractivity contribution is 0.728. The Morgan fingerprint density at radius 1 is 0.757 bits per heavy atom. The van der Waals surface area contributed by atoms with E-state index in [0.29, 0.717) is 13.4 Å². The molecule has 0 fully saturated rings. The van der Waals surface area contributed by atoms with E-state index in [4.69, 9.17) is 0 Å². The van der Waals surface area contributed by atoms with Crippen LogP contribution in [0.5, 0.6) is 0 Å². The molecule has 0 saturated heterocycles. The van der Waals surface area contributed by atoms with Gasteiger partial charge in [-0.15, -0.1) is 0 Å². The van der Waals surface area contributed by atoms with E-state index < -0.39 is 0 Å². The third kappa shape index (κ3) is 3.76. The lowest BCUT2D eigenvalue weighted by Gasteiger charge is -2.35. The summed E-state index contributed by atoms with van der Waals surface area (Å²) in [6.45, 7) is 14.8. The molecule has 1 aliphatic carbocycles. The molecule has 2 aliphatic rings. The average molecular weight is 478 g/mol. The van der Waals surface area contributed by atoms with Crippen LogP contribution in [-0.2, 0) is 5.31 Å². The zero-order valence-corrected chi connectivity index (χ0v) is 23.2. The highest BCUT2D eigenvalue weighted by molar-refractivity contribution is 6.97. The maximum atomic E-state index is 2.51. The molecule has 0 aromatic heterocycles. The summed E-state index contributed by atoms with van der Waals surface area (Å²) in [6.07, 6.45) is 7.25. The number of aryl methyl sites for hydroxylation is 3. The smallest absolute Gasteiger partial charge is 0.0883 e. The van der Waals surface area contributed by atoms with Gasteiger partial charge < -0.3 is 0 Å². The van der Waals surface area contributed by atoms with Crippen LogP contribution >= 0.6 is 0 Å². The molecule has 182 valence electrons. The van der Waals surface area contributed by atoms with Crippen molar-refractivity contribution in [2.45, 2.75) is 59.6 Å². The number of fused-ring (bicyclic) bond motifs is 4. The molecule has 0 atom stereocenters. The largest absolute Gasteiger partial charge is 0.243 e. The van der Waals surface area contributed by atoms with Crippen molar-refractivity contribution in [3.8, 4) is 0 Å². The normalized spacial score (nSPS) is 14.8. The van der Waals surface area contributed by atoms with Gasteiger partial charge in [-0.2, -0.15) is 0 Å². The lowest BCUT2D eigenvalue weighted by Crippen LogP contribution is -2.49. The van der Waals surface area contributed by atoms with E-state index in [2.05, 4.69) is 126 Å². The molecule has 37 heavy (non-hydrogen) atoms. The molecule has 4 aromatic carbocycles. The van der Waals surface area contributed by atoms with Crippen LogP contribution in [0.2, 0.25) is 6.82 Å². The third-order valence-electron chi connectivity index (χ3n) is 9.21. The fourth-order valence-electron chi connectivity index (χ4n) is 7.53. The minimum atomic E-state index is -0.00792. The van der Waals surface area contributed by atoms with Gasteiger partial charge in [-0.3, -0.25) is 0 Å². The van der Waals surface area contributed by atoms with Crippen LogP contribution in [0.4, 0.5) is 0 Å². The number of benzene rings is 4. The average Bonchev–Trinajstić information content (AvgIpc) is 3.21. The van der Waals surface area contributed by atoms with Crippen molar-refractivity contribution < 1.29 is 0 Å². The van der Waals surface area contributed by atoms with Crippen LogP contribution in [-0.4, -0.2) is 13.4 Å². The van der Waals surface area contributed by atoms with E-state index in [-0.39, 0.29) is 5.31 Å². The first-order chi connectivity index (χ1) is 17.8. The van der Waals surface area contributed by atoms with Gasteiger partial charge in [0.2, 0.25) is 6.71 Å². The van der Waals surface area contributed by atoms with Gasteiger partial charge in [0.25, 0.3) is 0 Å². The Labute approximate surface area is 223 Å². The molecule has 0 bridgehead atoms. The Morgan fingerprint density at radius 2 is 1.41 bits per heavy atom. The Balaban J connectivity index is 1.57. The second-order valence-electron chi connectivity index (χ2n) is 11.9. The third-order valence-corrected chi connectivity index (χ3v) is 9.21. The van der Waals surface area contributed by atoms with Crippen LogP contribution < -0.4 is 16.4 Å². The van der Waals surface area contributed by atoms with Gasteiger partial charge in [0.05, 0.1) is 0 Å². The van der Waals surface area contributed by atoms with Gasteiger partial charge in [0, 0.05) is 0 Å². The second kappa shape index (κ2) is 8.95. The molecule has 0 spiro atoms. The summed E-state index contributed by atoms with van der Waals surface area (Å²) in [6, 6.07) is 27.7. The van der Waals surface area contributed by atoms with Crippen molar-refractivity contribution in [1.29, 1.82) is 0 Å². The van der Waals surface area contributed by atoms with E-state index in [1.807, 2.05) is 0 Å². The van der Waals surface area contributed by atoms with Crippen molar-refractivity contribution in [3.63, 3.8) is 0 Å². The summed E-state index contributed by atoms with van der Waals surface area (Å²) >= 11 is 0. The van der Waals surface area contributed by atoms with Gasteiger partial charge in [-0.05, 0) is 77.5 Å². The fourth-order valence-corrected chi connectivity index (χ4v) is 7.53. The van der Waals surface area contributed by atoms with Crippen LogP contribution in [0.3, 0.4) is 0 Å². The quantitative estimate of drug-likeness (QED) is 0.281. The molecular weight excluding hydrogens is 442 g/mol. The number of hydrogen-bond donors (Lipinski definition) is 0. The van der Waals surface area contributed by atoms with Gasteiger partial charge in [-0.25, -0.2) is 0 Å². The molecule has 2 heteroatoms. The molecule has 0 unspecified atom stereocenters. The summed E-state index contributed by atoms with van der Waals surface area (Å²) in [5.41, 5.74) is 14.4. The lowest BCUT2D eigenvalue weighted by atomic mass is 9.29. The topological polar surface area (TPSA) is 0 Å². The predicted octanol–water partition coefficient (Wildman–Crippen LogP) is 6.88. The SMILES string of the molecule is CB(c1cccc2cccc(B3C4=CCCC=C4c4ccccc43)c12)C(C)(C)c1c(C)cc(C)cc1C. The van der Waals surface area contributed by atoms with Gasteiger partial charge >= 0.3 is 0 Å². The Morgan fingerprint density at radius 3 is 2.16 bits per heavy atom. The Hall–Kier alpha value is -3.25. The van der Waals surface area contributed by atoms with E-state index >= 15 is 0 Å². The minimum absolute atomic E-state index is 0.00792. The molecule has 0 N–H and O–H groups in total. The van der Waals surface area contributed by atoms with Crippen molar-refractivity contribution in [3.05, 3.63) is 118 Å². The Kier molecular flexibility index (Phi) is 5.83. The molecule has 0 radical (unpaired) electrons. The molecule has 1 aliphatic heterocycles. The maximum Gasteiger partial charge on any atom is 0.243 e. The molecule has 6 rings (SSSR count). The van der Waals surface area contributed by atoms with E-state index in [0.717, 1.165) is 12.8 Å². The molecular formula is C35H36B2. The monoisotopic (exact) mass is 478 g/mol. The van der Waals surface area contributed by atoms with Gasteiger partial charge in [0.15, 0.2) is 6.71 Å². The minimum Gasteiger partial charge on any atom is -0.0883 e. The predicted molar refractivity (Wildman–Crippen MR) is 166 cm³/mol. The number of allylic oxidation sites excluding steroid dienone is 4. The zero-order valence-electron chi connectivity index (χ0n) is 23.2. The van der Waals surface area contributed by atoms with E-state index in [1.165, 1.54) is 66.0 Å². The first-order valence-electron chi connectivity index (χ1n) is 13.9. The summed E-state index contributed by atoms with van der Waals surface area (Å²) < 4.78 is 0. The molecule has 0 saturated carbocycles. The van der Waals surface area contributed by atoms with Gasteiger partial charge in [0.1, 0.15) is 0 Å². The molecule has 4 aromatic rings. The van der Waals surface area contributed by atoms with Crippen molar-refractivity contribution in [2.24, 2.45) is 0 Å². The van der Waals surface area contributed by atoms with Crippen LogP contribution in [0.15, 0.2) is 90.4 Å².